The fourth-order valence-electron chi connectivity index (χ4n) is 3.94. The van der Waals surface area contributed by atoms with Gasteiger partial charge in [0.05, 0.1) is 6.04 Å². The summed E-state index contributed by atoms with van der Waals surface area (Å²) in [6, 6.07) is 17.2. The zero-order valence-electron chi connectivity index (χ0n) is 14.4. The number of nitrogen functional groups attached to an aromatic ring is 1. The summed E-state index contributed by atoms with van der Waals surface area (Å²) in [5, 5.41) is 0. The van der Waals surface area contributed by atoms with E-state index in [1.165, 1.54) is 11.1 Å². The van der Waals surface area contributed by atoms with Crippen molar-refractivity contribution in [2.24, 2.45) is 0 Å². The highest BCUT2D eigenvalue weighted by Gasteiger charge is 2.39. The van der Waals surface area contributed by atoms with Crippen LogP contribution in [0.3, 0.4) is 0 Å². The molecule has 25 heavy (non-hydrogen) atoms. The van der Waals surface area contributed by atoms with Gasteiger partial charge in [0.15, 0.2) is 0 Å². The van der Waals surface area contributed by atoms with E-state index in [-0.39, 0.29) is 24.4 Å². The third kappa shape index (κ3) is 3.67. The number of carbonyl (C=O) groups excluding carboxylic acids is 1. The number of nitrogens with two attached hydrogens (primary N) is 1. The fraction of sp³-hybridized carbons (Fsp3) is 0.381. The summed E-state index contributed by atoms with van der Waals surface area (Å²) < 4.78 is 0. The Morgan fingerprint density at radius 2 is 1.76 bits per heavy atom. The van der Waals surface area contributed by atoms with Crippen molar-refractivity contribution in [1.82, 2.24) is 4.90 Å². The number of rotatable bonds is 5. The van der Waals surface area contributed by atoms with Crippen molar-refractivity contribution in [3.63, 3.8) is 0 Å². The van der Waals surface area contributed by atoms with Crippen LogP contribution in [0.1, 0.15) is 48.4 Å². The number of aryl methyl sites for hydroxylation is 2. The van der Waals surface area contributed by atoms with Gasteiger partial charge in [-0.3, -0.25) is 4.79 Å². The first-order valence-electron chi connectivity index (χ1n) is 8.96. The second-order valence-corrected chi connectivity index (χ2v) is 6.98. The molecule has 0 heterocycles. The summed E-state index contributed by atoms with van der Waals surface area (Å²) in [5.74, 6) is 0.280. The maximum atomic E-state index is 13.0. The molecular weight excluding hydrogens is 332 g/mol. The van der Waals surface area contributed by atoms with Crippen LogP contribution >= 0.6 is 12.4 Å². The molecular formula is C21H25ClN2O. The van der Waals surface area contributed by atoms with Crippen molar-refractivity contribution in [1.29, 1.82) is 0 Å². The third-order valence-corrected chi connectivity index (χ3v) is 5.33. The molecule has 1 fully saturated rings. The summed E-state index contributed by atoms with van der Waals surface area (Å²) in [7, 11) is 0. The average Bonchev–Trinajstić information content (AvgIpc) is 3.34. The van der Waals surface area contributed by atoms with Crippen molar-refractivity contribution in [3.05, 3.63) is 65.2 Å². The van der Waals surface area contributed by atoms with Gasteiger partial charge in [-0.1, -0.05) is 42.5 Å². The minimum absolute atomic E-state index is 0. The SMILES string of the molecule is Cl.Nc1ccccc1CCC(=O)N(C1CC1)C1CCc2ccccc21. The number of benzene rings is 2. The Balaban J connectivity index is 0.00000182. The summed E-state index contributed by atoms with van der Waals surface area (Å²) in [4.78, 5) is 15.2. The molecule has 132 valence electrons. The van der Waals surface area contributed by atoms with Crippen LogP contribution in [0.2, 0.25) is 0 Å². The van der Waals surface area contributed by atoms with Gasteiger partial charge in [-0.25, -0.2) is 0 Å². The Hall–Kier alpha value is -2.00. The number of para-hydroxylation sites is 1. The van der Waals surface area contributed by atoms with E-state index < -0.39 is 0 Å². The maximum Gasteiger partial charge on any atom is 0.223 e. The second-order valence-electron chi connectivity index (χ2n) is 6.98. The van der Waals surface area contributed by atoms with Crippen molar-refractivity contribution < 1.29 is 4.79 Å². The van der Waals surface area contributed by atoms with Crippen molar-refractivity contribution in [3.8, 4) is 0 Å². The van der Waals surface area contributed by atoms with Gasteiger partial charge in [0, 0.05) is 18.2 Å². The van der Waals surface area contributed by atoms with E-state index in [1.54, 1.807) is 0 Å². The third-order valence-electron chi connectivity index (χ3n) is 5.33. The van der Waals surface area contributed by atoms with Crippen molar-refractivity contribution >= 4 is 24.0 Å². The Morgan fingerprint density at radius 1 is 1.04 bits per heavy atom. The zero-order valence-corrected chi connectivity index (χ0v) is 15.2. The topological polar surface area (TPSA) is 46.3 Å². The molecule has 0 aromatic heterocycles. The molecule has 1 unspecified atom stereocenters. The molecule has 0 saturated heterocycles. The summed E-state index contributed by atoms with van der Waals surface area (Å²) in [6.07, 6.45) is 5.72. The molecule has 2 aromatic rings. The molecule has 2 aromatic carbocycles. The van der Waals surface area contributed by atoms with Gasteiger partial charge >= 0.3 is 0 Å². The van der Waals surface area contributed by atoms with Crippen LogP contribution in [0.4, 0.5) is 5.69 Å². The van der Waals surface area contributed by atoms with Crippen molar-refractivity contribution in [2.75, 3.05) is 5.73 Å². The quantitative estimate of drug-likeness (QED) is 0.812. The van der Waals surface area contributed by atoms with Crippen LogP contribution in [0.5, 0.6) is 0 Å². The van der Waals surface area contributed by atoms with Gasteiger partial charge in [-0.05, 0) is 54.9 Å². The molecule has 0 radical (unpaired) electrons. The molecule has 0 bridgehead atoms. The number of amides is 1. The summed E-state index contributed by atoms with van der Waals surface area (Å²) in [6.45, 7) is 0. The molecule has 0 aliphatic heterocycles. The highest BCUT2D eigenvalue weighted by atomic mass is 35.5. The molecule has 2 aliphatic rings. The largest absolute Gasteiger partial charge is 0.399 e. The highest BCUT2D eigenvalue weighted by Crippen LogP contribution is 2.42. The predicted octanol–water partition coefficient (Wildman–Crippen LogP) is 4.30. The standard InChI is InChI=1S/C21H24N2O.ClH/c22-19-8-4-2-6-16(19)10-14-21(24)23(17-11-12-17)20-13-9-15-5-1-3-7-18(15)20;/h1-8,17,20H,9-14,22H2;1H. The van der Waals surface area contributed by atoms with E-state index >= 15 is 0 Å². The lowest BCUT2D eigenvalue weighted by atomic mass is 10.0. The minimum atomic E-state index is 0. The van der Waals surface area contributed by atoms with Crippen LogP contribution in [0.25, 0.3) is 0 Å². The highest BCUT2D eigenvalue weighted by molar-refractivity contribution is 5.85. The second kappa shape index (κ2) is 7.49. The fourth-order valence-corrected chi connectivity index (χ4v) is 3.94. The lowest BCUT2D eigenvalue weighted by molar-refractivity contribution is -0.134. The Morgan fingerprint density at radius 3 is 2.52 bits per heavy atom. The smallest absolute Gasteiger partial charge is 0.223 e. The Kier molecular flexibility index (Phi) is 5.33. The van der Waals surface area contributed by atoms with Gasteiger partial charge in [0.25, 0.3) is 0 Å². The van der Waals surface area contributed by atoms with Gasteiger partial charge < -0.3 is 10.6 Å². The van der Waals surface area contributed by atoms with E-state index in [0.29, 0.717) is 12.5 Å². The van der Waals surface area contributed by atoms with Crippen LogP contribution in [0.15, 0.2) is 48.5 Å². The number of hydrogen-bond donors (Lipinski definition) is 1. The molecule has 4 rings (SSSR count). The number of halogens is 1. The first-order chi connectivity index (χ1) is 11.7. The van der Waals surface area contributed by atoms with E-state index in [0.717, 1.165) is 43.4 Å². The molecule has 2 aliphatic carbocycles. The molecule has 3 nitrogen and oxygen atoms in total. The first-order valence-corrected chi connectivity index (χ1v) is 8.96. The molecule has 0 spiro atoms. The Bertz CT molecular complexity index is 757. The zero-order chi connectivity index (χ0) is 16.5. The maximum absolute atomic E-state index is 13.0. The molecule has 1 atom stereocenters. The average molecular weight is 357 g/mol. The van der Waals surface area contributed by atoms with Gasteiger partial charge in [0.1, 0.15) is 0 Å². The van der Waals surface area contributed by atoms with Crippen LogP contribution < -0.4 is 5.73 Å². The lowest BCUT2D eigenvalue weighted by Crippen LogP contribution is -2.36. The first kappa shape index (κ1) is 17.8. The number of anilines is 1. The van der Waals surface area contributed by atoms with Crippen LogP contribution in [0, 0.1) is 0 Å². The summed E-state index contributed by atoms with van der Waals surface area (Å²) >= 11 is 0. The minimum Gasteiger partial charge on any atom is -0.399 e. The van der Waals surface area contributed by atoms with Crippen LogP contribution in [-0.2, 0) is 17.6 Å². The lowest BCUT2D eigenvalue weighted by Gasteiger charge is -2.30. The van der Waals surface area contributed by atoms with E-state index in [1.807, 2.05) is 24.3 Å². The number of carbonyl (C=O) groups is 1. The van der Waals surface area contributed by atoms with Crippen molar-refractivity contribution in [2.45, 2.75) is 50.6 Å². The van der Waals surface area contributed by atoms with Gasteiger partial charge in [-0.2, -0.15) is 0 Å². The predicted molar refractivity (Wildman–Crippen MR) is 104 cm³/mol. The van der Waals surface area contributed by atoms with Gasteiger partial charge in [0.2, 0.25) is 5.91 Å². The van der Waals surface area contributed by atoms with Gasteiger partial charge in [-0.15, -0.1) is 12.4 Å². The molecule has 4 heteroatoms. The molecule has 2 N–H and O–H groups in total. The molecule has 1 amide bonds. The van der Waals surface area contributed by atoms with E-state index in [4.69, 9.17) is 5.73 Å². The monoisotopic (exact) mass is 356 g/mol. The van der Waals surface area contributed by atoms with E-state index in [9.17, 15) is 4.79 Å². The molecule has 1 saturated carbocycles. The number of hydrogen-bond acceptors (Lipinski definition) is 2. The Labute approximate surface area is 155 Å². The number of fused-ring (bicyclic) bond motifs is 1. The summed E-state index contributed by atoms with van der Waals surface area (Å²) in [5.41, 5.74) is 10.6. The normalized spacial score (nSPS) is 18.3. The van der Waals surface area contributed by atoms with Crippen LogP contribution in [-0.4, -0.2) is 16.8 Å². The number of nitrogens with zero attached hydrogens (tertiary/aromatic N) is 1. The van der Waals surface area contributed by atoms with E-state index in [2.05, 4.69) is 29.2 Å².